The van der Waals surface area contributed by atoms with Crippen LogP contribution in [0.3, 0.4) is 0 Å². The van der Waals surface area contributed by atoms with E-state index in [1.807, 2.05) is 13.8 Å². The third-order valence-corrected chi connectivity index (χ3v) is 3.26. The van der Waals surface area contributed by atoms with Crippen molar-refractivity contribution in [2.75, 3.05) is 0 Å². The molecule has 0 aliphatic heterocycles. The SMILES string of the molecule is CC.CC(C)CCC(C)C.CCC(C)CCC(C)C. The zero-order valence-electron chi connectivity index (χ0n) is 15.8. The van der Waals surface area contributed by atoms with Crippen LogP contribution in [0.25, 0.3) is 0 Å². The van der Waals surface area contributed by atoms with Gasteiger partial charge in [-0.05, 0) is 23.7 Å². The monoisotopic (exact) mass is 272 g/mol. The molecule has 0 saturated carbocycles. The summed E-state index contributed by atoms with van der Waals surface area (Å²) in [6.07, 6.45) is 6.92. The molecule has 0 fully saturated rings. The van der Waals surface area contributed by atoms with Crippen molar-refractivity contribution < 1.29 is 0 Å². The third kappa shape index (κ3) is 32.0. The summed E-state index contributed by atoms with van der Waals surface area (Å²) in [5.41, 5.74) is 0. The van der Waals surface area contributed by atoms with Gasteiger partial charge in [0.2, 0.25) is 0 Å². The van der Waals surface area contributed by atoms with E-state index in [0.717, 1.165) is 23.7 Å². The van der Waals surface area contributed by atoms with Crippen molar-refractivity contribution >= 4 is 0 Å². The maximum absolute atomic E-state index is 2.34. The van der Waals surface area contributed by atoms with Gasteiger partial charge in [0.15, 0.2) is 0 Å². The largest absolute Gasteiger partial charge is 0.0683 e. The summed E-state index contributed by atoms with van der Waals surface area (Å²) >= 11 is 0. The summed E-state index contributed by atoms with van der Waals surface area (Å²) in [6.45, 7) is 22.3. The molecule has 0 aliphatic rings. The van der Waals surface area contributed by atoms with Crippen LogP contribution in [0.15, 0.2) is 0 Å². The lowest BCUT2D eigenvalue weighted by molar-refractivity contribution is 0.441. The molecule has 1 unspecified atom stereocenters. The molecule has 0 saturated heterocycles. The van der Waals surface area contributed by atoms with Gasteiger partial charge in [0, 0.05) is 0 Å². The highest BCUT2D eigenvalue weighted by Crippen LogP contribution is 2.13. The first-order valence-electron chi connectivity index (χ1n) is 8.79. The quantitative estimate of drug-likeness (QED) is 0.448. The smallest absolute Gasteiger partial charge is 0.0445 e. The van der Waals surface area contributed by atoms with E-state index in [1.165, 1.54) is 32.1 Å². The maximum atomic E-state index is 2.34. The molecule has 0 radical (unpaired) electrons. The van der Waals surface area contributed by atoms with Gasteiger partial charge < -0.3 is 0 Å². The van der Waals surface area contributed by atoms with Gasteiger partial charge in [0.25, 0.3) is 0 Å². The average Bonchev–Trinajstić information content (AvgIpc) is 2.36. The van der Waals surface area contributed by atoms with Gasteiger partial charge in [0.1, 0.15) is 0 Å². The van der Waals surface area contributed by atoms with Gasteiger partial charge in [-0.25, -0.2) is 0 Å². The predicted octanol–water partition coefficient (Wildman–Crippen LogP) is 7.57. The summed E-state index contributed by atoms with van der Waals surface area (Å²) in [5, 5.41) is 0. The topological polar surface area (TPSA) is 0 Å². The van der Waals surface area contributed by atoms with Crippen molar-refractivity contribution in [3.63, 3.8) is 0 Å². The van der Waals surface area contributed by atoms with Crippen LogP contribution < -0.4 is 0 Å². The fraction of sp³-hybridized carbons (Fsp3) is 1.00. The Bertz CT molecular complexity index is 125. The standard InChI is InChI=1S/C9H20.C8H18.C2H6/c1-5-9(4)7-6-8(2)3;1-7(2)5-6-8(3)4;1-2/h8-9H,5-7H2,1-4H3;7-8H,5-6H2,1-4H3;1-2H3. The molecule has 0 N–H and O–H groups in total. The second-order valence-corrected chi connectivity index (χ2v) is 6.85. The van der Waals surface area contributed by atoms with Crippen LogP contribution in [-0.4, -0.2) is 0 Å². The zero-order chi connectivity index (χ0) is 15.8. The van der Waals surface area contributed by atoms with Crippen LogP contribution in [0.5, 0.6) is 0 Å². The van der Waals surface area contributed by atoms with Crippen LogP contribution in [0.1, 0.15) is 101 Å². The predicted molar refractivity (Wildman–Crippen MR) is 93.8 cm³/mol. The van der Waals surface area contributed by atoms with Gasteiger partial charge in [-0.3, -0.25) is 0 Å². The third-order valence-electron chi connectivity index (χ3n) is 3.26. The minimum Gasteiger partial charge on any atom is -0.0683 e. The second-order valence-electron chi connectivity index (χ2n) is 6.85. The van der Waals surface area contributed by atoms with Gasteiger partial charge in [-0.15, -0.1) is 0 Å². The molecule has 0 heteroatoms. The van der Waals surface area contributed by atoms with Crippen molar-refractivity contribution in [3.8, 4) is 0 Å². The molecule has 0 aromatic carbocycles. The summed E-state index contributed by atoms with van der Waals surface area (Å²) in [5.74, 6) is 3.60. The van der Waals surface area contributed by atoms with Crippen molar-refractivity contribution in [1.29, 1.82) is 0 Å². The Balaban J connectivity index is -0.000000239. The van der Waals surface area contributed by atoms with Crippen LogP contribution in [0, 0.1) is 23.7 Å². The lowest BCUT2D eigenvalue weighted by atomic mass is 9.98. The van der Waals surface area contributed by atoms with Gasteiger partial charge >= 0.3 is 0 Å². The first-order chi connectivity index (χ1) is 8.79. The lowest BCUT2D eigenvalue weighted by Gasteiger charge is -2.09. The molecule has 0 spiro atoms. The van der Waals surface area contributed by atoms with E-state index in [1.54, 1.807) is 0 Å². The molecule has 0 amide bonds. The van der Waals surface area contributed by atoms with E-state index in [9.17, 15) is 0 Å². The Morgan fingerprint density at radius 2 is 0.789 bits per heavy atom. The van der Waals surface area contributed by atoms with Crippen molar-refractivity contribution in [2.45, 2.75) is 101 Å². The van der Waals surface area contributed by atoms with E-state index < -0.39 is 0 Å². The fourth-order valence-electron chi connectivity index (χ4n) is 1.49. The summed E-state index contributed by atoms with van der Waals surface area (Å²) in [6, 6.07) is 0. The highest BCUT2D eigenvalue weighted by molar-refractivity contribution is 4.52. The van der Waals surface area contributed by atoms with Crippen molar-refractivity contribution in [2.24, 2.45) is 23.7 Å². The van der Waals surface area contributed by atoms with Crippen molar-refractivity contribution in [3.05, 3.63) is 0 Å². The van der Waals surface area contributed by atoms with E-state index in [2.05, 4.69) is 55.4 Å². The van der Waals surface area contributed by atoms with Gasteiger partial charge in [-0.1, -0.05) is 101 Å². The van der Waals surface area contributed by atoms with Crippen molar-refractivity contribution in [1.82, 2.24) is 0 Å². The minimum atomic E-state index is 0.886. The molecule has 0 aliphatic carbocycles. The van der Waals surface area contributed by atoms with Crippen LogP contribution >= 0.6 is 0 Å². The number of hydrogen-bond donors (Lipinski definition) is 0. The van der Waals surface area contributed by atoms with E-state index in [-0.39, 0.29) is 0 Å². The number of rotatable bonds is 7. The Hall–Kier alpha value is 0. The lowest BCUT2D eigenvalue weighted by Crippen LogP contribution is -1.95. The first kappa shape index (κ1) is 24.0. The average molecular weight is 273 g/mol. The molecule has 120 valence electrons. The highest BCUT2D eigenvalue weighted by atomic mass is 14.1. The second kappa shape index (κ2) is 18.0. The number of hydrogen-bond acceptors (Lipinski definition) is 0. The molecule has 0 bridgehead atoms. The Morgan fingerprint density at radius 1 is 0.526 bits per heavy atom. The molecule has 0 heterocycles. The van der Waals surface area contributed by atoms with E-state index in [4.69, 9.17) is 0 Å². The fourth-order valence-corrected chi connectivity index (χ4v) is 1.49. The molecule has 1 atom stereocenters. The summed E-state index contributed by atoms with van der Waals surface area (Å²) in [4.78, 5) is 0. The Labute approximate surface area is 125 Å². The zero-order valence-corrected chi connectivity index (χ0v) is 15.8. The molecular weight excluding hydrogens is 228 g/mol. The first-order valence-corrected chi connectivity index (χ1v) is 8.79. The Morgan fingerprint density at radius 3 is 1.00 bits per heavy atom. The van der Waals surface area contributed by atoms with E-state index in [0.29, 0.717) is 0 Å². The molecule has 0 aromatic rings. The highest BCUT2D eigenvalue weighted by Gasteiger charge is 1.99. The molecule has 19 heavy (non-hydrogen) atoms. The maximum Gasteiger partial charge on any atom is -0.0445 e. The van der Waals surface area contributed by atoms with Gasteiger partial charge in [-0.2, -0.15) is 0 Å². The van der Waals surface area contributed by atoms with Crippen LogP contribution in [0.4, 0.5) is 0 Å². The summed E-state index contributed by atoms with van der Waals surface area (Å²) < 4.78 is 0. The molecule has 0 rings (SSSR count). The van der Waals surface area contributed by atoms with Gasteiger partial charge in [0.05, 0.1) is 0 Å². The normalized spacial score (nSPS) is 11.8. The minimum absolute atomic E-state index is 0.886. The molecular formula is C19H44. The summed E-state index contributed by atoms with van der Waals surface area (Å²) in [7, 11) is 0. The van der Waals surface area contributed by atoms with E-state index >= 15 is 0 Å². The molecule has 0 aromatic heterocycles. The molecule has 0 nitrogen and oxygen atoms in total. The van der Waals surface area contributed by atoms with Crippen LogP contribution in [0.2, 0.25) is 0 Å². The Kier molecular flexibility index (Phi) is 22.8. The van der Waals surface area contributed by atoms with Crippen LogP contribution in [-0.2, 0) is 0 Å².